The molecule has 7 nitrogen and oxygen atoms in total. The number of oxime groups is 2. The molecule has 0 fully saturated rings. The van der Waals surface area contributed by atoms with Crippen LogP contribution in [0.1, 0.15) is 34.9 Å². The van der Waals surface area contributed by atoms with E-state index in [0.29, 0.717) is 11.1 Å². The topological polar surface area (TPSA) is 82.4 Å². The number of esters is 1. The maximum atomic E-state index is 13.1. The van der Waals surface area contributed by atoms with Crippen LogP contribution >= 0.6 is 0 Å². The summed E-state index contributed by atoms with van der Waals surface area (Å²) in [5.41, 5.74) is 0.397. The first-order valence-electron chi connectivity index (χ1n) is 8.68. The highest BCUT2D eigenvalue weighted by molar-refractivity contribution is 6.43. The number of methoxy groups -OCH3 is 1. The summed E-state index contributed by atoms with van der Waals surface area (Å²) < 4.78 is 44.2. The molecule has 0 amide bonds. The average molecular weight is 423 g/mol. The van der Waals surface area contributed by atoms with Gasteiger partial charge in [0.25, 0.3) is 0 Å². The van der Waals surface area contributed by atoms with Gasteiger partial charge in [-0.1, -0.05) is 28.5 Å². The standard InChI is InChI=1S/C20H20F3N3O4/c1-12-7-5-8-15(17(26-29-4)19(27)28-3)16(12)11-30-25-13(2)14-9-6-10-24-18(14)20(21,22)23/h5-10H,11H2,1-4H3/b25-13+,26-17+. The van der Waals surface area contributed by atoms with Crippen molar-refractivity contribution in [3.63, 3.8) is 0 Å². The molecule has 160 valence electrons. The molecule has 0 N–H and O–H groups in total. The van der Waals surface area contributed by atoms with Gasteiger partial charge in [0.05, 0.1) is 12.8 Å². The second kappa shape index (κ2) is 9.86. The third-order valence-corrected chi connectivity index (χ3v) is 4.10. The maximum absolute atomic E-state index is 13.1. The summed E-state index contributed by atoms with van der Waals surface area (Å²) in [4.78, 5) is 25.5. The summed E-state index contributed by atoms with van der Waals surface area (Å²) in [5, 5.41) is 7.52. The number of nitrogens with zero attached hydrogens (tertiary/aromatic N) is 3. The number of hydrogen-bond acceptors (Lipinski definition) is 7. The van der Waals surface area contributed by atoms with Gasteiger partial charge in [-0.05, 0) is 31.5 Å². The summed E-state index contributed by atoms with van der Waals surface area (Å²) in [5.74, 6) is -0.714. The molecule has 0 aliphatic heterocycles. The Labute approximate surface area is 171 Å². The van der Waals surface area contributed by atoms with Crippen molar-refractivity contribution in [2.45, 2.75) is 26.6 Å². The van der Waals surface area contributed by atoms with Crippen LogP contribution in [0.25, 0.3) is 0 Å². The fourth-order valence-corrected chi connectivity index (χ4v) is 2.67. The summed E-state index contributed by atoms with van der Waals surface area (Å²) in [6, 6.07) is 7.76. The number of benzene rings is 1. The Kier molecular flexibility index (Phi) is 7.51. The van der Waals surface area contributed by atoms with Crippen molar-refractivity contribution >= 4 is 17.4 Å². The number of hydrogen-bond donors (Lipinski definition) is 0. The first-order chi connectivity index (χ1) is 14.2. The molecule has 0 radical (unpaired) electrons. The first kappa shape index (κ1) is 22.9. The van der Waals surface area contributed by atoms with Crippen LogP contribution in [0.4, 0.5) is 13.2 Å². The molecular formula is C20H20F3N3O4. The molecule has 0 spiro atoms. The fourth-order valence-electron chi connectivity index (χ4n) is 2.67. The zero-order valence-electron chi connectivity index (χ0n) is 16.8. The molecule has 1 aromatic carbocycles. The Morgan fingerprint density at radius 3 is 2.43 bits per heavy atom. The van der Waals surface area contributed by atoms with E-state index in [2.05, 4.69) is 15.3 Å². The van der Waals surface area contributed by atoms with Crippen molar-refractivity contribution < 1.29 is 32.4 Å². The lowest BCUT2D eigenvalue weighted by molar-refractivity contribution is -0.141. The number of pyridine rings is 1. The molecule has 30 heavy (non-hydrogen) atoms. The maximum Gasteiger partial charge on any atom is 0.434 e. The van der Waals surface area contributed by atoms with E-state index in [4.69, 9.17) is 14.4 Å². The van der Waals surface area contributed by atoms with Gasteiger partial charge in [0.2, 0.25) is 0 Å². The highest BCUT2D eigenvalue weighted by Gasteiger charge is 2.35. The van der Waals surface area contributed by atoms with Crippen LogP contribution in [-0.4, -0.2) is 36.6 Å². The minimum absolute atomic E-state index is 0.00399. The van der Waals surface area contributed by atoms with Gasteiger partial charge in [0.1, 0.15) is 13.7 Å². The molecule has 2 rings (SSSR count). The van der Waals surface area contributed by atoms with Crippen LogP contribution in [0.2, 0.25) is 0 Å². The molecule has 0 aliphatic rings. The molecule has 2 aromatic rings. The van der Waals surface area contributed by atoms with Crippen LogP contribution in [0, 0.1) is 6.92 Å². The van der Waals surface area contributed by atoms with Crippen molar-refractivity contribution in [1.82, 2.24) is 4.98 Å². The van der Waals surface area contributed by atoms with Gasteiger partial charge in [-0.2, -0.15) is 13.2 Å². The van der Waals surface area contributed by atoms with Crippen LogP contribution in [0.3, 0.4) is 0 Å². The Morgan fingerprint density at radius 1 is 1.10 bits per heavy atom. The van der Waals surface area contributed by atoms with Gasteiger partial charge in [-0.15, -0.1) is 0 Å². The lowest BCUT2D eigenvalue weighted by Gasteiger charge is -2.13. The number of carbonyl (C=O) groups is 1. The Morgan fingerprint density at radius 2 is 1.80 bits per heavy atom. The number of halogens is 3. The van der Waals surface area contributed by atoms with E-state index in [-0.39, 0.29) is 23.6 Å². The number of carbonyl (C=O) groups excluding carboxylic acids is 1. The van der Waals surface area contributed by atoms with Gasteiger partial charge in [-0.25, -0.2) is 4.79 Å². The Bertz CT molecular complexity index is 972. The lowest BCUT2D eigenvalue weighted by Crippen LogP contribution is -2.20. The van der Waals surface area contributed by atoms with Gasteiger partial charge in [0.15, 0.2) is 11.4 Å². The SMILES string of the molecule is CO/N=C(/C(=O)OC)c1cccc(C)c1CO/N=C(\C)c1cccnc1C(F)(F)F. The fraction of sp³-hybridized carbons (Fsp3) is 0.300. The van der Waals surface area contributed by atoms with Crippen LogP contribution in [0.5, 0.6) is 0 Å². The van der Waals surface area contributed by atoms with Crippen LogP contribution in [-0.2, 0) is 32.0 Å². The normalized spacial score (nSPS) is 12.5. The minimum atomic E-state index is -4.62. The Balaban J connectivity index is 2.33. The monoisotopic (exact) mass is 423 g/mol. The quantitative estimate of drug-likeness (QED) is 0.384. The van der Waals surface area contributed by atoms with E-state index >= 15 is 0 Å². The predicted octanol–water partition coefficient (Wildman–Crippen LogP) is 3.87. The molecule has 0 saturated carbocycles. The molecule has 0 bridgehead atoms. The third-order valence-electron chi connectivity index (χ3n) is 4.10. The summed E-state index contributed by atoms with van der Waals surface area (Å²) in [6.45, 7) is 3.04. The average Bonchev–Trinajstić information content (AvgIpc) is 2.72. The predicted molar refractivity (Wildman–Crippen MR) is 103 cm³/mol. The number of ether oxygens (including phenoxy) is 1. The first-order valence-corrected chi connectivity index (χ1v) is 8.68. The minimum Gasteiger partial charge on any atom is -0.464 e. The lowest BCUT2D eigenvalue weighted by atomic mass is 9.99. The van der Waals surface area contributed by atoms with Crippen molar-refractivity contribution in [3.05, 3.63) is 64.5 Å². The van der Waals surface area contributed by atoms with E-state index < -0.39 is 17.8 Å². The van der Waals surface area contributed by atoms with Gasteiger partial charge >= 0.3 is 12.1 Å². The summed E-state index contributed by atoms with van der Waals surface area (Å²) >= 11 is 0. The highest BCUT2D eigenvalue weighted by Crippen LogP contribution is 2.30. The zero-order valence-corrected chi connectivity index (χ0v) is 16.8. The molecule has 0 saturated heterocycles. The molecule has 0 unspecified atom stereocenters. The number of aryl methyl sites for hydroxylation is 1. The largest absolute Gasteiger partial charge is 0.464 e. The van der Waals surface area contributed by atoms with Crippen molar-refractivity contribution in [2.75, 3.05) is 14.2 Å². The highest BCUT2D eigenvalue weighted by atomic mass is 19.4. The van der Waals surface area contributed by atoms with Crippen molar-refractivity contribution in [2.24, 2.45) is 10.3 Å². The summed E-state index contributed by atoms with van der Waals surface area (Å²) in [7, 11) is 2.49. The van der Waals surface area contributed by atoms with Gasteiger partial charge in [0, 0.05) is 22.9 Å². The second-order valence-corrected chi connectivity index (χ2v) is 6.06. The molecular weight excluding hydrogens is 403 g/mol. The molecule has 1 aromatic heterocycles. The van der Waals surface area contributed by atoms with E-state index in [9.17, 15) is 18.0 Å². The molecule has 10 heteroatoms. The van der Waals surface area contributed by atoms with Gasteiger partial charge < -0.3 is 14.4 Å². The number of aromatic nitrogens is 1. The number of rotatable bonds is 7. The summed E-state index contributed by atoms with van der Waals surface area (Å²) in [6.07, 6.45) is -3.56. The van der Waals surface area contributed by atoms with E-state index in [0.717, 1.165) is 11.8 Å². The third kappa shape index (κ3) is 5.34. The van der Waals surface area contributed by atoms with Crippen molar-refractivity contribution in [1.29, 1.82) is 0 Å². The van der Waals surface area contributed by atoms with Gasteiger partial charge in [-0.3, -0.25) is 4.98 Å². The second-order valence-electron chi connectivity index (χ2n) is 6.06. The van der Waals surface area contributed by atoms with E-state index in [1.165, 1.54) is 33.3 Å². The number of alkyl halides is 3. The molecule has 0 atom stereocenters. The van der Waals surface area contributed by atoms with E-state index in [1.807, 2.05) is 0 Å². The van der Waals surface area contributed by atoms with Crippen molar-refractivity contribution in [3.8, 4) is 0 Å². The molecule has 1 heterocycles. The zero-order chi connectivity index (χ0) is 22.3. The van der Waals surface area contributed by atoms with Crippen LogP contribution < -0.4 is 0 Å². The van der Waals surface area contributed by atoms with E-state index in [1.54, 1.807) is 25.1 Å². The Hall–Kier alpha value is -3.43. The molecule has 0 aliphatic carbocycles. The van der Waals surface area contributed by atoms with Crippen LogP contribution in [0.15, 0.2) is 46.8 Å². The smallest absolute Gasteiger partial charge is 0.434 e.